The van der Waals surface area contributed by atoms with Crippen LogP contribution in [0.2, 0.25) is 0 Å². The van der Waals surface area contributed by atoms with E-state index in [0.29, 0.717) is 17.4 Å². The summed E-state index contributed by atoms with van der Waals surface area (Å²) in [5.41, 5.74) is 0. The molecule has 0 amide bonds. The molecule has 2 unspecified atom stereocenters. The monoisotopic (exact) mass is 1080 g/mol. The number of carbonyl (C=O) groups is 2. The number of allylic oxidation sites excluding steroid dienone is 20. The fourth-order valence-corrected chi connectivity index (χ4v) is 8.63. The largest absolute Gasteiger partial charge is 0.472 e. The number of nitrogens with zero attached hydrogens (tertiary/aromatic N) is 1. The molecule has 0 radical (unpaired) electrons. The van der Waals surface area contributed by atoms with E-state index in [9.17, 15) is 19.0 Å². The van der Waals surface area contributed by atoms with Crippen LogP contribution in [0.25, 0.3) is 0 Å². The van der Waals surface area contributed by atoms with E-state index in [1.54, 1.807) is 0 Å². The lowest BCUT2D eigenvalue weighted by Gasteiger charge is -2.24. The maximum Gasteiger partial charge on any atom is 0.472 e. The number of rotatable bonds is 54. The van der Waals surface area contributed by atoms with Crippen LogP contribution < -0.4 is 0 Å². The van der Waals surface area contributed by atoms with Crippen LogP contribution in [0.3, 0.4) is 0 Å². The lowest BCUT2D eigenvalue weighted by atomic mass is 10.0. The van der Waals surface area contributed by atoms with E-state index in [2.05, 4.69) is 135 Å². The zero-order valence-electron chi connectivity index (χ0n) is 49.2. The SMILES string of the molecule is CC/C=C\C/C=C\C/C=C\C/C=C\C/C=C\C/C=C\CCCCCCC(=O)OC(COC(=O)CCCCCCCCCCCCCCCCCC/C=C\C/C=C\C/C=C\C/C=C\CC)COP(=O)(O)OCC[N+](C)(C)C. The maximum atomic E-state index is 12.8. The van der Waals surface area contributed by atoms with E-state index in [1.807, 2.05) is 21.1 Å². The van der Waals surface area contributed by atoms with Crippen molar-refractivity contribution in [2.75, 3.05) is 47.5 Å². The summed E-state index contributed by atoms with van der Waals surface area (Å²) in [4.78, 5) is 35.7. The molecule has 76 heavy (non-hydrogen) atoms. The van der Waals surface area contributed by atoms with Crippen LogP contribution in [0.1, 0.15) is 232 Å². The number of likely N-dealkylation sites (N-methyl/N-ethyl adjacent to an activating group) is 1. The summed E-state index contributed by atoms with van der Waals surface area (Å²) in [6.07, 6.45) is 79.9. The van der Waals surface area contributed by atoms with Crippen molar-refractivity contribution >= 4 is 19.8 Å². The average Bonchev–Trinajstić information content (AvgIpc) is 3.38. The average molecular weight is 1080 g/mol. The third-order valence-electron chi connectivity index (χ3n) is 12.5. The fraction of sp³-hybridized carbons (Fsp3) is 0.667. The smallest absolute Gasteiger partial charge is 0.462 e. The minimum absolute atomic E-state index is 0.0205. The number of unbranched alkanes of at least 4 members (excludes halogenated alkanes) is 20. The summed E-state index contributed by atoms with van der Waals surface area (Å²) in [5, 5.41) is 0. The quantitative estimate of drug-likeness (QED) is 0.0211. The molecule has 0 bridgehead atoms. The number of phosphoric ester groups is 1. The van der Waals surface area contributed by atoms with Gasteiger partial charge in [0, 0.05) is 12.8 Å². The van der Waals surface area contributed by atoms with Gasteiger partial charge in [-0.15, -0.1) is 0 Å². The molecule has 0 aromatic rings. The third-order valence-corrected chi connectivity index (χ3v) is 13.5. The van der Waals surface area contributed by atoms with Crippen molar-refractivity contribution in [1.82, 2.24) is 0 Å². The highest BCUT2D eigenvalue weighted by Gasteiger charge is 2.27. The Morgan fingerprint density at radius 3 is 1.05 bits per heavy atom. The van der Waals surface area contributed by atoms with Crippen molar-refractivity contribution < 1.29 is 42.1 Å². The lowest BCUT2D eigenvalue weighted by molar-refractivity contribution is -0.870. The zero-order valence-corrected chi connectivity index (χ0v) is 50.1. The van der Waals surface area contributed by atoms with Crippen molar-refractivity contribution in [3.63, 3.8) is 0 Å². The van der Waals surface area contributed by atoms with Gasteiger partial charge in [0.25, 0.3) is 0 Å². The van der Waals surface area contributed by atoms with E-state index in [1.165, 1.54) is 89.9 Å². The van der Waals surface area contributed by atoms with Gasteiger partial charge >= 0.3 is 19.8 Å². The maximum absolute atomic E-state index is 12.8. The van der Waals surface area contributed by atoms with Gasteiger partial charge in [-0.1, -0.05) is 238 Å². The van der Waals surface area contributed by atoms with Crippen molar-refractivity contribution in [3.05, 3.63) is 122 Å². The van der Waals surface area contributed by atoms with Crippen molar-refractivity contribution in [2.45, 2.75) is 238 Å². The molecular weight excluding hydrogens is 966 g/mol. The normalized spacial score (nSPS) is 14.1. The van der Waals surface area contributed by atoms with Crippen LogP contribution in [-0.2, 0) is 32.7 Å². The van der Waals surface area contributed by atoms with Crippen LogP contribution >= 0.6 is 7.82 Å². The predicted octanol–water partition coefficient (Wildman–Crippen LogP) is 19.1. The molecule has 434 valence electrons. The molecule has 0 aromatic carbocycles. The van der Waals surface area contributed by atoms with Gasteiger partial charge in [-0.2, -0.15) is 0 Å². The molecule has 0 saturated carbocycles. The first-order chi connectivity index (χ1) is 37.0. The van der Waals surface area contributed by atoms with E-state index in [-0.39, 0.29) is 32.0 Å². The highest BCUT2D eigenvalue weighted by molar-refractivity contribution is 7.47. The van der Waals surface area contributed by atoms with E-state index < -0.39 is 26.5 Å². The number of quaternary nitrogens is 1. The molecule has 1 N–H and O–H groups in total. The topological polar surface area (TPSA) is 108 Å². The summed E-state index contributed by atoms with van der Waals surface area (Å²) in [6, 6.07) is 0. The summed E-state index contributed by atoms with van der Waals surface area (Å²) >= 11 is 0. The lowest BCUT2D eigenvalue weighted by Crippen LogP contribution is -2.37. The Kier molecular flexibility index (Phi) is 53.5. The van der Waals surface area contributed by atoms with Gasteiger partial charge in [-0.25, -0.2) is 4.57 Å². The molecule has 9 nitrogen and oxygen atoms in total. The molecule has 0 saturated heterocycles. The number of esters is 2. The predicted molar refractivity (Wildman–Crippen MR) is 325 cm³/mol. The van der Waals surface area contributed by atoms with Gasteiger partial charge in [0.15, 0.2) is 6.10 Å². The minimum Gasteiger partial charge on any atom is -0.462 e. The molecule has 10 heteroatoms. The first-order valence-electron chi connectivity index (χ1n) is 30.3. The van der Waals surface area contributed by atoms with Gasteiger partial charge < -0.3 is 18.9 Å². The molecule has 0 aliphatic carbocycles. The molecule has 0 aliphatic heterocycles. The first kappa shape index (κ1) is 72.4. The highest BCUT2D eigenvalue weighted by atomic mass is 31.2. The van der Waals surface area contributed by atoms with E-state index >= 15 is 0 Å². The second-order valence-corrected chi connectivity index (χ2v) is 22.4. The Hall–Kier alpha value is -3.59. The second-order valence-electron chi connectivity index (χ2n) is 21.0. The summed E-state index contributed by atoms with van der Waals surface area (Å²) in [6.45, 7) is 4.17. The van der Waals surface area contributed by atoms with Gasteiger partial charge in [-0.3, -0.25) is 18.6 Å². The van der Waals surface area contributed by atoms with Crippen LogP contribution in [-0.4, -0.2) is 74.9 Å². The highest BCUT2D eigenvalue weighted by Crippen LogP contribution is 2.43. The number of hydrogen-bond donors (Lipinski definition) is 1. The number of hydrogen-bond acceptors (Lipinski definition) is 7. The Bertz CT molecular complexity index is 1700. The minimum atomic E-state index is -4.40. The third kappa shape index (κ3) is 59.7. The van der Waals surface area contributed by atoms with Crippen molar-refractivity contribution in [3.8, 4) is 0 Å². The molecular formula is C66H113NO8P+. The van der Waals surface area contributed by atoms with Crippen LogP contribution in [0.5, 0.6) is 0 Å². The number of phosphoric acid groups is 1. The van der Waals surface area contributed by atoms with Gasteiger partial charge in [0.2, 0.25) is 0 Å². The number of ether oxygens (including phenoxy) is 2. The molecule has 0 aromatic heterocycles. The van der Waals surface area contributed by atoms with E-state index in [4.69, 9.17) is 18.5 Å². The fourth-order valence-electron chi connectivity index (χ4n) is 7.89. The Balaban J connectivity index is 4.18. The summed E-state index contributed by atoms with van der Waals surface area (Å²) in [7, 11) is 1.45. The van der Waals surface area contributed by atoms with Crippen LogP contribution in [0, 0.1) is 0 Å². The Morgan fingerprint density at radius 1 is 0.408 bits per heavy atom. The summed E-state index contributed by atoms with van der Waals surface area (Å²) in [5.74, 6) is -0.830. The van der Waals surface area contributed by atoms with Crippen molar-refractivity contribution in [2.24, 2.45) is 0 Å². The molecule has 0 aliphatic rings. The molecule has 0 rings (SSSR count). The second kappa shape index (κ2) is 56.1. The van der Waals surface area contributed by atoms with Crippen molar-refractivity contribution in [1.29, 1.82) is 0 Å². The van der Waals surface area contributed by atoms with Gasteiger partial charge in [0.1, 0.15) is 19.8 Å². The Morgan fingerprint density at radius 2 is 0.711 bits per heavy atom. The standard InChI is InChI=1S/C66H112NO8P/c1-6-8-10-12-14-16-18-20-22-24-26-28-30-31-32-33-34-35-37-38-40-42-44-46-48-50-52-54-56-58-65(68)72-62-64(63-74-76(70,71)73-61-60-67(3,4)5)75-66(69)59-57-55-53-51-49-47-45-43-41-39-36-29-27-25-23-21-19-17-15-13-11-9-7-2/h8-11,14-17,20-23,26-29,39,41,45,47,64H,6-7,12-13,18-19,24-25,30-38,40,42-44,46,48-63H2,1-5H3/p+1/b10-8-,11-9-,16-14-,17-15-,22-20-,23-21-,28-26-,29-27-,41-39-,47-45-. The van der Waals surface area contributed by atoms with Gasteiger partial charge in [-0.05, 0) is 103 Å². The summed E-state index contributed by atoms with van der Waals surface area (Å²) < 4.78 is 34.6. The van der Waals surface area contributed by atoms with Crippen LogP contribution in [0.15, 0.2) is 122 Å². The Labute approximate surface area is 467 Å². The molecule has 0 heterocycles. The first-order valence-corrected chi connectivity index (χ1v) is 31.8. The molecule has 0 spiro atoms. The molecule has 0 fully saturated rings. The number of carbonyl (C=O) groups excluding carboxylic acids is 2. The van der Waals surface area contributed by atoms with Crippen LogP contribution in [0.4, 0.5) is 0 Å². The van der Waals surface area contributed by atoms with E-state index in [0.717, 1.165) is 109 Å². The molecule has 2 atom stereocenters. The zero-order chi connectivity index (χ0) is 55.6. The van der Waals surface area contributed by atoms with Gasteiger partial charge in [0.05, 0.1) is 27.7 Å².